The molecule has 1 aliphatic heterocycles. The summed E-state index contributed by atoms with van der Waals surface area (Å²) in [4.78, 5) is 23.9. The Hall–Kier alpha value is -1.92. The highest BCUT2D eigenvalue weighted by Gasteiger charge is 2.31. The van der Waals surface area contributed by atoms with E-state index >= 15 is 0 Å². The van der Waals surface area contributed by atoms with Crippen LogP contribution in [-0.2, 0) is 9.59 Å². The van der Waals surface area contributed by atoms with Gasteiger partial charge in [-0.25, -0.2) is 5.43 Å². The Balaban J connectivity index is 1.98. The maximum Gasteiger partial charge on any atom is 0.244 e. The van der Waals surface area contributed by atoms with Crippen LogP contribution in [0.25, 0.3) is 0 Å². The second kappa shape index (κ2) is 7.19. The molecule has 6 nitrogen and oxygen atoms in total. The molecule has 1 aromatic carbocycles. The van der Waals surface area contributed by atoms with Crippen LogP contribution in [0.5, 0.6) is 0 Å². The normalized spacial score (nSPS) is 22.7. The number of hydrogen-bond donors (Lipinski definition) is 4. The first-order valence-electron chi connectivity index (χ1n) is 7.27. The largest absolute Gasteiger partial charge is 0.368 e. The summed E-state index contributed by atoms with van der Waals surface area (Å²) in [5.41, 5.74) is 12.2. The van der Waals surface area contributed by atoms with E-state index in [1.165, 1.54) is 0 Å². The van der Waals surface area contributed by atoms with Crippen molar-refractivity contribution in [2.45, 2.75) is 44.3 Å². The van der Waals surface area contributed by atoms with Crippen LogP contribution >= 0.6 is 0 Å². The third kappa shape index (κ3) is 4.03. The van der Waals surface area contributed by atoms with Crippen molar-refractivity contribution in [2.24, 2.45) is 5.73 Å². The van der Waals surface area contributed by atoms with Crippen molar-refractivity contribution >= 4 is 11.8 Å². The molecule has 0 aromatic heterocycles. The van der Waals surface area contributed by atoms with E-state index in [1.54, 1.807) is 12.1 Å². The third-order valence-corrected chi connectivity index (χ3v) is 3.64. The molecule has 5 N–H and O–H groups in total. The monoisotopic (exact) mass is 290 g/mol. The van der Waals surface area contributed by atoms with Gasteiger partial charge in [-0.2, -0.15) is 0 Å². The van der Waals surface area contributed by atoms with Gasteiger partial charge >= 0.3 is 0 Å². The van der Waals surface area contributed by atoms with E-state index in [0.717, 1.165) is 12.8 Å². The number of primary amides is 1. The van der Waals surface area contributed by atoms with Crippen molar-refractivity contribution in [3.05, 3.63) is 35.9 Å². The minimum Gasteiger partial charge on any atom is -0.368 e. The first kappa shape index (κ1) is 15.5. The van der Waals surface area contributed by atoms with Crippen LogP contribution in [0, 0.1) is 0 Å². The van der Waals surface area contributed by atoms with E-state index in [1.807, 2.05) is 18.2 Å². The quantitative estimate of drug-likeness (QED) is 0.608. The lowest BCUT2D eigenvalue weighted by atomic mass is 10.0. The Morgan fingerprint density at radius 2 is 2.05 bits per heavy atom. The summed E-state index contributed by atoms with van der Waals surface area (Å²) in [5, 5.41) is 2.72. The molecule has 1 aromatic rings. The fraction of sp³-hybridized carbons (Fsp3) is 0.467. The van der Waals surface area contributed by atoms with Gasteiger partial charge in [-0.15, -0.1) is 0 Å². The van der Waals surface area contributed by atoms with Gasteiger partial charge in [0.15, 0.2) is 0 Å². The average molecular weight is 290 g/mol. The van der Waals surface area contributed by atoms with Crippen molar-refractivity contribution in [1.82, 2.24) is 16.2 Å². The molecule has 2 rings (SSSR count). The molecule has 3 unspecified atom stereocenters. The minimum absolute atomic E-state index is 0.214. The van der Waals surface area contributed by atoms with E-state index < -0.39 is 11.9 Å². The number of carbonyl (C=O) groups is 2. The molecule has 21 heavy (non-hydrogen) atoms. The fourth-order valence-electron chi connectivity index (χ4n) is 2.54. The zero-order chi connectivity index (χ0) is 15.2. The van der Waals surface area contributed by atoms with Gasteiger partial charge in [-0.3, -0.25) is 15.0 Å². The molecule has 1 aliphatic rings. The highest BCUT2D eigenvalue weighted by Crippen LogP contribution is 2.15. The zero-order valence-electron chi connectivity index (χ0n) is 12.1. The molecule has 0 aliphatic carbocycles. The highest BCUT2D eigenvalue weighted by molar-refractivity contribution is 5.89. The number of carbonyl (C=O) groups excluding carboxylic acids is 2. The molecule has 1 heterocycles. The lowest BCUT2D eigenvalue weighted by Gasteiger charge is -2.18. The van der Waals surface area contributed by atoms with Crippen molar-refractivity contribution in [3.8, 4) is 0 Å². The topological polar surface area (TPSA) is 96.2 Å². The van der Waals surface area contributed by atoms with Crippen LogP contribution in [0.3, 0.4) is 0 Å². The molecule has 3 atom stereocenters. The van der Waals surface area contributed by atoms with Gasteiger partial charge in [-0.05, 0) is 18.4 Å². The Kier molecular flexibility index (Phi) is 5.30. The van der Waals surface area contributed by atoms with Crippen molar-refractivity contribution in [3.63, 3.8) is 0 Å². The Bertz CT molecular complexity index is 492. The Morgan fingerprint density at radius 1 is 1.33 bits per heavy atom. The molecule has 114 valence electrons. The lowest BCUT2D eigenvalue weighted by Crippen LogP contribution is -2.47. The van der Waals surface area contributed by atoms with Crippen LogP contribution in [0.1, 0.15) is 37.8 Å². The lowest BCUT2D eigenvalue weighted by molar-refractivity contribution is -0.128. The predicted octanol–water partition coefficient (Wildman–Crippen LogP) is 0.364. The van der Waals surface area contributed by atoms with Crippen molar-refractivity contribution in [2.75, 3.05) is 0 Å². The SMILES string of the molecule is CCCC1CC(C(=O)NC(C(N)=O)c2ccccc2)NN1. The average Bonchev–Trinajstić information content (AvgIpc) is 2.94. The van der Waals surface area contributed by atoms with Crippen molar-refractivity contribution in [1.29, 1.82) is 0 Å². The molecule has 1 saturated heterocycles. The van der Waals surface area contributed by atoms with Crippen LogP contribution in [-0.4, -0.2) is 23.9 Å². The molecule has 0 bridgehead atoms. The van der Waals surface area contributed by atoms with Gasteiger partial charge in [-0.1, -0.05) is 43.7 Å². The molecule has 0 saturated carbocycles. The maximum absolute atomic E-state index is 12.3. The molecule has 0 radical (unpaired) electrons. The summed E-state index contributed by atoms with van der Waals surface area (Å²) in [5.74, 6) is -0.778. The van der Waals surface area contributed by atoms with E-state index in [-0.39, 0.29) is 18.0 Å². The second-order valence-corrected chi connectivity index (χ2v) is 5.32. The summed E-state index contributed by atoms with van der Waals surface area (Å²) in [6, 6.07) is 8.16. The van der Waals surface area contributed by atoms with Gasteiger partial charge in [0.25, 0.3) is 0 Å². The number of nitrogens with two attached hydrogens (primary N) is 1. The molecular weight excluding hydrogens is 268 g/mol. The first-order chi connectivity index (χ1) is 10.1. The number of amides is 2. The van der Waals surface area contributed by atoms with Gasteiger partial charge < -0.3 is 11.1 Å². The van der Waals surface area contributed by atoms with Crippen LogP contribution in [0.15, 0.2) is 30.3 Å². The van der Waals surface area contributed by atoms with Gasteiger partial charge in [0, 0.05) is 6.04 Å². The summed E-state index contributed by atoms with van der Waals surface area (Å²) in [6.07, 6.45) is 2.77. The van der Waals surface area contributed by atoms with E-state index in [4.69, 9.17) is 5.73 Å². The predicted molar refractivity (Wildman–Crippen MR) is 79.9 cm³/mol. The number of benzene rings is 1. The van der Waals surface area contributed by atoms with Gasteiger partial charge in [0.2, 0.25) is 11.8 Å². The Morgan fingerprint density at radius 3 is 2.67 bits per heavy atom. The minimum atomic E-state index is -0.800. The van der Waals surface area contributed by atoms with Gasteiger partial charge in [0.05, 0.1) is 0 Å². The zero-order valence-corrected chi connectivity index (χ0v) is 12.1. The van der Waals surface area contributed by atoms with E-state index in [9.17, 15) is 9.59 Å². The van der Waals surface area contributed by atoms with Gasteiger partial charge in [0.1, 0.15) is 12.1 Å². The summed E-state index contributed by atoms with van der Waals surface area (Å²) in [6.45, 7) is 2.10. The summed E-state index contributed by atoms with van der Waals surface area (Å²) in [7, 11) is 0. The number of hydrogen-bond acceptors (Lipinski definition) is 4. The smallest absolute Gasteiger partial charge is 0.244 e. The summed E-state index contributed by atoms with van der Waals surface area (Å²) < 4.78 is 0. The number of nitrogens with one attached hydrogen (secondary N) is 3. The third-order valence-electron chi connectivity index (χ3n) is 3.64. The molecule has 6 heteroatoms. The molecular formula is C15H22N4O2. The number of rotatable bonds is 6. The second-order valence-electron chi connectivity index (χ2n) is 5.32. The van der Waals surface area contributed by atoms with Crippen molar-refractivity contribution < 1.29 is 9.59 Å². The van der Waals surface area contributed by atoms with Crippen LogP contribution < -0.4 is 21.9 Å². The highest BCUT2D eigenvalue weighted by atomic mass is 16.2. The number of hydrazine groups is 1. The maximum atomic E-state index is 12.3. The summed E-state index contributed by atoms with van der Waals surface area (Å²) >= 11 is 0. The van der Waals surface area contributed by atoms with E-state index in [0.29, 0.717) is 12.0 Å². The van der Waals surface area contributed by atoms with E-state index in [2.05, 4.69) is 23.1 Å². The molecule has 1 fully saturated rings. The molecule has 0 spiro atoms. The first-order valence-corrected chi connectivity index (χ1v) is 7.27. The fourth-order valence-corrected chi connectivity index (χ4v) is 2.54. The standard InChI is InChI=1S/C15H22N4O2/c1-2-6-11-9-12(19-18-11)15(21)17-13(14(16)20)10-7-4-3-5-8-10/h3-5,7-8,11-13,18-19H,2,6,9H2,1H3,(H2,16,20)(H,17,21). The molecule has 2 amide bonds. The Labute approximate surface area is 124 Å². The van der Waals surface area contributed by atoms with Crippen LogP contribution in [0.4, 0.5) is 0 Å². The van der Waals surface area contributed by atoms with Crippen LogP contribution in [0.2, 0.25) is 0 Å².